The molecule has 1 unspecified atom stereocenters. The molecule has 0 heterocycles. The van der Waals surface area contributed by atoms with Crippen LogP contribution in [0.15, 0.2) is 83.8 Å². The lowest BCUT2D eigenvalue weighted by Crippen LogP contribution is -2.31. The zero-order valence-corrected chi connectivity index (χ0v) is 20.0. The minimum atomic E-state index is -0.248. The topological polar surface area (TPSA) is 62.1 Å². The summed E-state index contributed by atoms with van der Waals surface area (Å²) < 4.78 is 5.74. The van der Waals surface area contributed by atoms with E-state index in [1.807, 2.05) is 73.7 Å². The second-order valence-electron chi connectivity index (χ2n) is 6.57. The van der Waals surface area contributed by atoms with Crippen molar-refractivity contribution in [3.8, 4) is 11.8 Å². The largest absolute Gasteiger partial charge is 0.489 e. The predicted octanol–water partition coefficient (Wildman–Crippen LogP) is 6.77. The Balaban J connectivity index is 0.000000520. The molecule has 166 valence electrons. The SMILES string of the molecule is CC(Sc1ccc(OCc2c(Cl)cccc2Cl)cc1)C(=O)NCCC#N.c1ccccc1. The molecule has 0 fully saturated rings. The molecular weight excluding hydrogens is 463 g/mol. The molecule has 1 amide bonds. The van der Waals surface area contributed by atoms with Crippen LogP contribution in [0.1, 0.15) is 18.9 Å². The Bertz CT molecular complexity index is 962. The van der Waals surface area contributed by atoms with E-state index in [1.165, 1.54) is 11.8 Å². The van der Waals surface area contributed by atoms with E-state index in [2.05, 4.69) is 5.32 Å². The third-order valence-electron chi connectivity index (χ3n) is 4.15. The van der Waals surface area contributed by atoms with Gasteiger partial charge in [0.25, 0.3) is 0 Å². The standard InChI is InChI=1S/C19H18Cl2N2O2S.C6H6/c1-13(19(24)23-11-3-10-22)26-15-8-6-14(7-9-15)25-12-16-17(20)4-2-5-18(16)21;1-2-4-6-5-3-1/h2,4-9,13H,3,11-12H2,1H3,(H,23,24);1-6H. The first kappa shape index (κ1) is 25.6. The Labute approximate surface area is 203 Å². The Morgan fingerprint density at radius 2 is 1.56 bits per heavy atom. The number of thioether (sulfide) groups is 1. The van der Waals surface area contributed by atoms with Crippen molar-refractivity contribution >= 4 is 40.9 Å². The summed E-state index contributed by atoms with van der Waals surface area (Å²) in [5, 5.41) is 12.1. The number of amides is 1. The Hall–Kier alpha value is -2.65. The van der Waals surface area contributed by atoms with Crippen LogP contribution in [0, 0.1) is 11.3 Å². The van der Waals surface area contributed by atoms with Gasteiger partial charge in [-0.05, 0) is 43.3 Å². The first-order chi connectivity index (χ1) is 15.5. The predicted molar refractivity (Wildman–Crippen MR) is 132 cm³/mol. The van der Waals surface area contributed by atoms with E-state index in [-0.39, 0.29) is 17.8 Å². The zero-order chi connectivity index (χ0) is 23.2. The average Bonchev–Trinajstić information content (AvgIpc) is 2.81. The number of halogens is 2. The van der Waals surface area contributed by atoms with Crippen LogP contribution in [-0.2, 0) is 11.4 Å². The molecule has 0 aromatic heterocycles. The molecular formula is C25H24Cl2N2O2S. The lowest BCUT2D eigenvalue weighted by Gasteiger charge is -2.12. The zero-order valence-electron chi connectivity index (χ0n) is 17.6. The van der Waals surface area contributed by atoms with Gasteiger partial charge in [-0.3, -0.25) is 4.79 Å². The van der Waals surface area contributed by atoms with Crippen molar-refractivity contribution in [3.05, 3.63) is 94.5 Å². The van der Waals surface area contributed by atoms with E-state index in [0.29, 0.717) is 28.8 Å². The van der Waals surface area contributed by atoms with E-state index < -0.39 is 0 Å². The molecule has 3 aromatic carbocycles. The number of carbonyl (C=O) groups excluding carboxylic acids is 1. The summed E-state index contributed by atoms with van der Waals surface area (Å²) in [5.74, 6) is 0.607. The maximum atomic E-state index is 11.9. The number of nitrogens with zero attached hydrogens (tertiary/aromatic N) is 1. The highest BCUT2D eigenvalue weighted by Gasteiger charge is 2.14. The highest BCUT2D eigenvalue weighted by Crippen LogP contribution is 2.28. The van der Waals surface area contributed by atoms with Gasteiger partial charge < -0.3 is 10.1 Å². The molecule has 7 heteroatoms. The highest BCUT2D eigenvalue weighted by atomic mass is 35.5. The first-order valence-corrected chi connectivity index (χ1v) is 11.6. The molecule has 0 bridgehead atoms. The molecule has 0 saturated heterocycles. The van der Waals surface area contributed by atoms with Crippen molar-refractivity contribution in [2.45, 2.75) is 30.1 Å². The van der Waals surface area contributed by atoms with Crippen molar-refractivity contribution in [1.29, 1.82) is 5.26 Å². The number of nitriles is 1. The minimum absolute atomic E-state index is 0.0843. The van der Waals surface area contributed by atoms with E-state index in [1.54, 1.807) is 18.2 Å². The van der Waals surface area contributed by atoms with Crippen LogP contribution in [0.2, 0.25) is 10.0 Å². The molecule has 0 spiro atoms. The number of rotatable bonds is 8. The third kappa shape index (κ3) is 9.23. The van der Waals surface area contributed by atoms with Gasteiger partial charge in [-0.15, -0.1) is 11.8 Å². The average molecular weight is 487 g/mol. The van der Waals surface area contributed by atoms with Gasteiger partial charge in [0.05, 0.1) is 17.7 Å². The van der Waals surface area contributed by atoms with Crippen molar-refractivity contribution in [2.24, 2.45) is 0 Å². The van der Waals surface area contributed by atoms with E-state index in [0.717, 1.165) is 10.5 Å². The number of nitrogens with one attached hydrogen (secondary N) is 1. The van der Waals surface area contributed by atoms with Gasteiger partial charge >= 0.3 is 0 Å². The lowest BCUT2D eigenvalue weighted by atomic mass is 10.2. The molecule has 1 N–H and O–H groups in total. The first-order valence-electron chi connectivity index (χ1n) is 9.98. The summed E-state index contributed by atoms with van der Waals surface area (Å²) >= 11 is 13.7. The lowest BCUT2D eigenvalue weighted by molar-refractivity contribution is -0.120. The van der Waals surface area contributed by atoms with Crippen LogP contribution in [0.4, 0.5) is 0 Å². The molecule has 0 radical (unpaired) electrons. The number of carbonyl (C=O) groups is 1. The van der Waals surface area contributed by atoms with Gasteiger partial charge in [-0.1, -0.05) is 65.7 Å². The quantitative estimate of drug-likeness (QED) is 0.281. The Kier molecular flexibility index (Phi) is 11.5. The fraction of sp³-hybridized carbons (Fsp3) is 0.200. The van der Waals surface area contributed by atoms with E-state index >= 15 is 0 Å². The van der Waals surface area contributed by atoms with Gasteiger partial charge in [0.15, 0.2) is 0 Å². The van der Waals surface area contributed by atoms with Crippen LogP contribution >= 0.6 is 35.0 Å². The van der Waals surface area contributed by atoms with E-state index in [4.69, 9.17) is 33.2 Å². The smallest absolute Gasteiger partial charge is 0.233 e. The van der Waals surface area contributed by atoms with E-state index in [9.17, 15) is 4.79 Å². The number of hydrogen-bond acceptors (Lipinski definition) is 4. The van der Waals surface area contributed by atoms with Crippen molar-refractivity contribution in [1.82, 2.24) is 5.32 Å². The number of hydrogen-bond donors (Lipinski definition) is 1. The molecule has 1 atom stereocenters. The Morgan fingerprint density at radius 1 is 1.00 bits per heavy atom. The fourth-order valence-electron chi connectivity index (χ4n) is 2.47. The van der Waals surface area contributed by atoms with Crippen molar-refractivity contribution in [3.63, 3.8) is 0 Å². The molecule has 0 aliphatic carbocycles. The second-order valence-corrected chi connectivity index (χ2v) is 8.80. The van der Waals surface area contributed by atoms with Crippen molar-refractivity contribution < 1.29 is 9.53 Å². The van der Waals surface area contributed by atoms with Crippen LogP contribution in [0.5, 0.6) is 5.75 Å². The van der Waals surface area contributed by atoms with Crippen LogP contribution in [-0.4, -0.2) is 17.7 Å². The van der Waals surface area contributed by atoms with Gasteiger partial charge in [0.1, 0.15) is 12.4 Å². The summed E-state index contributed by atoms with van der Waals surface area (Å²) in [4.78, 5) is 12.9. The molecule has 4 nitrogen and oxygen atoms in total. The van der Waals surface area contributed by atoms with Gasteiger partial charge in [-0.2, -0.15) is 5.26 Å². The molecule has 0 aliphatic rings. The monoisotopic (exact) mass is 486 g/mol. The highest BCUT2D eigenvalue weighted by molar-refractivity contribution is 8.00. The van der Waals surface area contributed by atoms with Crippen LogP contribution < -0.4 is 10.1 Å². The molecule has 0 aliphatic heterocycles. The number of ether oxygens (including phenoxy) is 1. The van der Waals surface area contributed by atoms with Gasteiger partial charge in [0.2, 0.25) is 5.91 Å². The maximum absolute atomic E-state index is 11.9. The molecule has 0 saturated carbocycles. The molecule has 32 heavy (non-hydrogen) atoms. The third-order valence-corrected chi connectivity index (χ3v) is 5.97. The van der Waals surface area contributed by atoms with Gasteiger partial charge in [-0.25, -0.2) is 0 Å². The normalized spacial score (nSPS) is 10.8. The molecule has 3 rings (SSSR count). The van der Waals surface area contributed by atoms with Crippen LogP contribution in [0.3, 0.4) is 0 Å². The van der Waals surface area contributed by atoms with Crippen molar-refractivity contribution in [2.75, 3.05) is 6.54 Å². The summed E-state index contributed by atoms with van der Waals surface area (Å²) in [6, 6.07) is 26.8. The summed E-state index contributed by atoms with van der Waals surface area (Å²) in [6.45, 7) is 2.48. The maximum Gasteiger partial charge on any atom is 0.233 e. The van der Waals surface area contributed by atoms with Crippen LogP contribution in [0.25, 0.3) is 0 Å². The minimum Gasteiger partial charge on any atom is -0.489 e. The molecule has 3 aromatic rings. The Morgan fingerprint density at radius 3 is 2.09 bits per heavy atom. The second kappa shape index (κ2) is 14.4. The fourth-order valence-corrected chi connectivity index (χ4v) is 3.87. The summed E-state index contributed by atoms with van der Waals surface area (Å²) in [6.07, 6.45) is 0.310. The summed E-state index contributed by atoms with van der Waals surface area (Å²) in [5.41, 5.74) is 0.747. The number of benzene rings is 3. The summed E-state index contributed by atoms with van der Waals surface area (Å²) in [7, 11) is 0. The van der Waals surface area contributed by atoms with Gasteiger partial charge in [0, 0.05) is 27.0 Å².